The van der Waals surface area contributed by atoms with Gasteiger partial charge in [-0.3, -0.25) is 0 Å². The molecule has 31 heavy (non-hydrogen) atoms. The molecule has 3 aromatic rings. The average molecular weight is 417 g/mol. The monoisotopic (exact) mass is 417 g/mol. The van der Waals surface area contributed by atoms with Gasteiger partial charge in [-0.15, -0.1) is 0 Å². The molecule has 1 amide bonds. The van der Waals surface area contributed by atoms with Crippen LogP contribution in [-0.2, 0) is 10.3 Å². The second-order valence-electron chi connectivity index (χ2n) is 7.14. The maximum atomic E-state index is 11.1. The maximum Gasteiger partial charge on any atom is 0.412 e. The van der Waals surface area contributed by atoms with Gasteiger partial charge < -0.3 is 24.6 Å². The molecule has 0 fully saturated rings. The Labute approximate surface area is 178 Å². The van der Waals surface area contributed by atoms with Gasteiger partial charge in [-0.25, -0.2) is 15.1 Å². The van der Waals surface area contributed by atoms with Crippen molar-refractivity contribution in [3.05, 3.63) is 83.9 Å². The van der Waals surface area contributed by atoms with Crippen LogP contribution in [0.3, 0.4) is 0 Å². The van der Waals surface area contributed by atoms with Crippen molar-refractivity contribution in [3.8, 4) is 11.5 Å². The Kier molecular flexibility index (Phi) is 4.59. The largest absolute Gasteiger partial charge is 0.465 e. The number of aliphatic imine (C=N–C) groups is 1. The van der Waals surface area contributed by atoms with Crippen LogP contribution in [0.25, 0.3) is 0 Å². The summed E-state index contributed by atoms with van der Waals surface area (Å²) in [5.74, 6) is 1.42. The van der Waals surface area contributed by atoms with Crippen molar-refractivity contribution < 1.29 is 24.1 Å². The number of nitrogens with zero attached hydrogens (tertiary/aromatic N) is 1. The zero-order valence-corrected chi connectivity index (χ0v) is 16.4. The third kappa shape index (κ3) is 3.59. The van der Waals surface area contributed by atoms with Crippen LogP contribution in [0.15, 0.2) is 77.8 Å². The van der Waals surface area contributed by atoms with Crippen LogP contribution in [-0.4, -0.2) is 30.6 Å². The highest BCUT2D eigenvalue weighted by molar-refractivity contribution is 5.91. The third-order valence-electron chi connectivity index (χ3n) is 5.18. The van der Waals surface area contributed by atoms with Gasteiger partial charge in [0.25, 0.3) is 6.02 Å². The molecule has 0 bridgehead atoms. The van der Waals surface area contributed by atoms with Crippen molar-refractivity contribution in [2.24, 2.45) is 4.99 Å². The molecular formula is C23H19N3O5. The number of anilines is 2. The molecule has 3 aromatic carbocycles. The fraction of sp³-hybridized carbons (Fsp3) is 0.130. The van der Waals surface area contributed by atoms with Crippen LogP contribution >= 0.6 is 0 Å². The number of amides is 1. The van der Waals surface area contributed by atoms with Crippen molar-refractivity contribution >= 4 is 23.5 Å². The molecule has 5 rings (SSSR count). The second kappa shape index (κ2) is 7.56. The van der Waals surface area contributed by atoms with Crippen molar-refractivity contribution in [2.75, 3.05) is 18.7 Å². The van der Waals surface area contributed by atoms with Gasteiger partial charge in [0.05, 0.1) is 0 Å². The zero-order valence-electron chi connectivity index (χ0n) is 16.4. The van der Waals surface area contributed by atoms with Crippen molar-refractivity contribution in [3.63, 3.8) is 0 Å². The summed E-state index contributed by atoms with van der Waals surface area (Å²) in [6, 6.07) is 23.1. The molecule has 2 aliphatic rings. The van der Waals surface area contributed by atoms with Crippen LogP contribution in [0.1, 0.15) is 11.1 Å². The summed E-state index contributed by atoms with van der Waals surface area (Å²) >= 11 is 0. The molecule has 0 saturated heterocycles. The highest BCUT2D eigenvalue weighted by Gasteiger charge is 2.41. The molecule has 0 radical (unpaired) electrons. The Bertz CT molecular complexity index is 1160. The molecule has 1 unspecified atom stereocenters. The van der Waals surface area contributed by atoms with E-state index in [-0.39, 0.29) is 19.4 Å². The van der Waals surface area contributed by atoms with Crippen LogP contribution in [0.5, 0.6) is 11.5 Å². The molecule has 0 aromatic heterocycles. The van der Waals surface area contributed by atoms with Gasteiger partial charge in [-0.05, 0) is 35.4 Å². The number of carboxylic acid groups (broad SMARTS) is 1. The topological polar surface area (TPSA) is 101 Å². The summed E-state index contributed by atoms with van der Waals surface area (Å²) in [4.78, 5) is 15.7. The predicted molar refractivity (Wildman–Crippen MR) is 114 cm³/mol. The van der Waals surface area contributed by atoms with Crippen molar-refractivity contribution in [1.29, 1.82) is 0 Å². The van der Waals surface area contributed by atoms with Crippen molar-refractivity contribution in [1.82, 2.24) is 5.32 Å². The fourth-order valence-corrected chi connectivity index (χ4v) is 3.74. The van der Waals surface area contributed by atoms with Gasteiger partial charge in [0.2, 0.25) is 6.79 Å². The summed E-state index contributed by atoms with van der Waals surface area (Å²) in [6.07, 6.45) is -1.22. The van der Waals surface area contributed by atoms with Gasteiger partial charge in [-0.2, -0.15) is 0 Å². The lowest BCUT2D eigenvalue weighted by Crippen LogP contribution is -2.28. The lowest BCUT2D eigenvalue weighted by atomic mass is 9.84. The summed E-state index contributed by atoms with van der Waals surface area (Å²) in [6.45, 7) is 0.401. The number of hydrogen-bond acceptors (Lipinski definition) is 6. The van der Waals surface area contributed by atoms with E-state index in [0.29, 0.717) is 5.75 Å². The summed E-state index contributed by atoms with van der Waals surface area (Å²) < 4.78 is 16.4. The first-order chi connectivity index (χ1) is 15.1. The molecule has 0 saturated carbocycles. The van der Waals surface area contributed by atoms with E-state index in [1.807, 2.05) is 72.8 Å². The first-order valence-electron chi connectivity index (χ1n) is 9.68. The van der Waals surface area contributed by atoms with Gasteiger partial charge in [0, 0.05) is 17.4 Å². The maximum absolute atomic E-state index is 11.1. The van der Waals surface area contributed by atoms with Crippen LogP contribution in [0.4, 0.5) is 16.2 Å². The Morgan fingerprint density at radius 2 is 1.65 bits per heavy atom. The number of hydrogen-bond donors (Lipinski definition) is 3. The van der Waals surface area contributed by atoms with E-state index >= 15 is 0 Å². The number of rotatable bonds is 4. The summed E-state index contributed by atoms with van der Waals surface area (Å²) in [5.41, 5.74) is 2.60. The second-order valence-corrected chi connectivity index (χ2v) is 7.14. The number of fused-ring (bicyclic) bond motifs is 1. The minimum atomic E-state index is -1.22. The third-order valence-corrected chi connectivity index (χ3v) is 5.18. The van der Waals surface area contributed by atoms with Gasteiger partial charge >= 0.3 is 6.09 Å². The van der Waals surface area contributed by atoms with E-state index in [2.05, 4.69) is 15.6 Å². The average Bonchev–Trinajstić information content (AvgIpc) is 3.42. The van der Waals surface area contributed by atoms with E-state index in [9.17, 15) is 4.79 Å². The number of ether oxygens (including phenoxy) is 3. The first-order valence-corrected chi connectivity index (χ1v) is 9.68. The fourth-order valence-electron chi connectivity index (χ4n) is 3.74. The van der Waals surface area contributed by atoms with Crippen LogP contribution in [0.2, 0.25) is 0 Å². The van der Waals surface area contributed by atoms with E-state index in [0.717, 1.165) is 28.3 Å². The summed E-state index contributed by atoms with van der Waals surface area (Å²) in [7, 11) is 0. The molecule has 8 nitrogen and oxygen atoms in total. The number of amidine groups is 1. The van der Waals surface area contributed by atoms with Gasteiger partial charge in [-0.1, -0.05) is 42.5 Å². The molecule has 156 valence electrons. The Hall–Kier alpha value is -4.20. The Balaban J connectivity index is 1.51. The smallest absolute Gasteiger partial charge is 0.412 e. The minimum Gasteiger partial charge on any atom is -0.465 e. The van der Waals surface area contributed by atoms with Crippen molar-refractivity contribution in [2.45, 2.75) is 5.54 Å². The number of carbonyl (C=O) groups is 1. The molecule has 0 spiro atoms. The quantitative estimate of drug-likeness (QED) is 0.592. The molecular weight excluding hydrogens is 398 g/mol. The van der Waals surface area contributed by atoms with E-state index in [1.165, 1.54) is 0 Å². The number of nitrogens with one attached hydrogen (secondary N) is 2. The predicted octanol–water partition coefficient (Wildman–Crippen LogP) is 4.06. The number of benzene rings is 3. The van der Waals surface area contributed by atoms with Crippen LogP contribution in [0, 0.1) is 0 Å². The van der Waals surface area contributed by atoms with E-state index in [4.69, 9.17) is 19.3 Å². The first kappa shape index (κ1) is 18.8. The molecule has 2 heterocycles. The van der Waals surface area contributed by atoms with E-state index < -0.39 is 11.6 Å². The highest BCUT2D eigenvalue weighted by Crippen LogP contribution is 2.39. The Morgan fingerprint density at radius 1 is 0.871 bits per heavy atom. The Morgan fingerprint density at radius 3 is 2.48 bits per heavy atom. The minimum absolute atomic E-state index is 0.0227. The summed E-state index contributed by atoms with van der Waals surface area (Å²) in [5, 5.41) is 14.7. The van der Waals surface area contributed by atoms with Gasteiger partial charge in [0.1, 0.15) is 6.61 Å². The lowest BCUT2D eigenvalue weighted by molar-refractivity contribution is 0.174. The lowest BCUT2D eigenvalue weighted by Gasteiger charge is -2.25. The zero-order chi connectivity index (χ0) is 21.3. The molecule has 1 atom stereocenters. The van der Waals surface area contributed by atoms with E-state index in [1.54, 1.807) is 0 Å². The molecule has 0 aliphatic carbocycles. The normalized spacial score (nSPS) is 18.8. The standard InChI is InChI=1S/C23H19N3O5/c27-22(28)25-21-26-23(13-29-21,15-5-2-1-3-6-15)16-7-4-8-17(11-16)24-18-9-10-19-20(12-18)31-14-30-19/h1-12,24H,13-14H2,(H,25,26)(H,27,28). The van der Waals surface area contributed by atoms with Gasteiger partial charge in [0.15, 0.2) is 17.0 Å². The highest BCUT2D eigenvalue weighted by atomic mass is 16.7. The van der Waals surface area contributed by atoms with Crippen LogP contribution < -0.4 is 20.1 Å². The SMILES string of the molecule is O=C(O)NC1=NC(c2ccccc2)(c2cccc(Nc3ccc4c(c3)OCO4)c2)CO1. The molecule has 8 heteroatoms. The molecule has 3 N–H and O–H groups in total. The molecule has 2 aliphatic heterocycles.